The number of hydrogen-bond acceptors (Lipinski definition) is 4. The van der Waals surface area contributed by atoms with Crippen LogP contribution in [0.15, 0.2) is 11.1 Å². The van der Waals surface area contributed by atoms with Gasteiger partial charge in [-0.05, 0) is 56.4 Å². The molecule has 0 bridgehead atoms. The number of carbonyl (C=O) groups is 1. The second kappa shape index (κ2) is 7.14. The average Bonchev–Trinajstić information content (AvgIpc) is 3.02. The van der Waals surface area contributed by atoms with Gasteiger partial charge in [-0.3, -0.25) is 14.2 Å². The van der Waals surface area contributed by atoms with Gasteiger partial charge < -0.3 is 4.90 Å². The Morgan fingerprint density at radius 3 is 3.00 bits per heavy atom. The maximum atomic E-state index is 13.1. The largest absolute Gasteiger partial charge is 0.338 e. The van der Waals surface area contributed by atoms with E-state index in [1.165, 1.54) is 21.4 Å². The molecule has 140 valence electrons. The van der Waals surface area contributed by atoms with Crippen LogP contribution in [-0.4, -0.2) is 32.9 Å². The maximum Gasteiger partial charge on any atom is 0.262 e. The van der Waals surface area contributed by atoms with Crippen molar-refractivity contribution < 1.29 is 4.79 Å². The van der Waals surface area contributed by atoms with Crippen molar-refractivity contribution in [2.75, 3.05) is 6.54 Å². The quantitative estimate of drug-likeness (QED) is 0.829. The molecule has 2 aromatic rings. The lowest BCUT2D eigenvalue weighted by molar-refractivity contribution is -0.135. The predicted octanol–water partition coefficient (Wildman–Crippen LogP) is 3.37. The Hall–Kier alpha value is -1.69. The summed E-state index contributed by atoms with van der Waals surface area (Å²) in [5.41, 5.74) is 1.15. The van der Waals surface area contributed by atoms with Crippen LogP contribution in [0, 0.1) is 5.92 Å². The third-order valence-corrected chi connectivity index (χ3v) is 7.17. The highest BCUT2D eigenvalue weighted by molar-refractivity contribution is 7.18. The monoisotopic (exact) mass is 373 g/mol. The Morgan fingerprint density at radius 2 is 2.19 bits per heavy atom. The predicted molar refractivity (Wildman–Crippen MR) is 105 cm³/mol. The van der Waals surface area contributed by atoms with Crippen molar-refractivity contribution in [2.24, 2.45) is 5.92 Å². The van der Waals surface area contributed by atoms with Gasteiger partial charge in [-0.15, -0.1) is 11.3 Å². The van der Waals surface area contributed by atoms with Gasteiger partial charge in [-0.1, -0.05) is 13.8 Å². The SMILES string of the molecule is CC[C@H]1CCCCN1C(=O)Cn1cnc2sc3c(c2c1=O)CC[C@@H](C)C3. The third kappa shape index (κ3) is 3.08. The molecule has 3 heterocycles. The molecule has 0 aromatic carbocycles. The molecule has 26 heavy (non-hydrogen) atoms. The number of hydrogen-bond donors (Lipinski definition) is 0. The summed E-state index contributed by atoms with van der Waals surface area (Å²) >= 11 is 1.66. The summed E-state index contributed by atoms with van der Waals surface area (Å²) in [6, 6.07) is 0.319. The van der Waals surface area contributed by atoms with E-state index in [0.29, 0.717) is 12.0 Å². The zero-order valence-corrected chi connectivity index (χ0v) is 16.5. The van der Waals surface area contributed by atoms with Crippen molar-refractivity contribution in [1.82, 2.24) is 14.5 Å². The van der Waals surface area contributed by atoms with Crippen LogP contribution in [-0.2, 0) is 24.2 Å². The van der Waals surface area contributed by atoms with Crippen molar-refractivity contribution in [3.05, 3.63) is 27.1 Å². The fraction of sp³-hybridized carbons (Fsp3) is 0.650. The summed E-state index contributed by atoms with van der Waals surface area (Å²) in [4.78, 5) is 34.6. The zero-order valence-electron chi connectivity index (χ0n) is 15.7. The smallest absolute Gasteiger partial charge is 0.262 e. The van der Waals surface area contributed by atoms with Crippen LogP contribution in [0.4, 0.5) is 0 Å². The molecule has 0 spiro atoms. The van der Waals surface area contributed by atoms with E-state index in [9.17, 15) is 9.59 Å². The van der Waals surface area contributed by atoms with Gasteiger partial charge in [-0.25, -0.2) is 4.98 Å². The second-order valence-corrected chi connectivity index (χ2v) is 8.94. The molecule has 0 saturated carbocycles. The molecular weight excluding hydrogens is 346 g/mol. The van der Waals surface area contributed by atoms with Crippen molar-refractivity contribution in [3.8, 4) is 0 Å². The van der Waals surface area contributed by atoms with Gasteiger partial charge in [0.05, 0.1) is 11.7 Å². The number of amides is 1. The molecule has 0 N–H and O–H groups in total. The summed E-state index contributed by atoms with van der Waals surface area (Å²) in [7, 11) is 0. The molecule has 2 aliphatic rings. The molecule has 1 saturated heterocycles. The number of rotatable bonds is 3. The molecule has 1 aliphatic carbocycles. The Balaban J connectivity index is 1.64. The Morgan fingerprint density at radius 1 is 1.35 bits per heavy atom. The van der Waals surface area contributed by atoms with Crippen molar-refractivity contribution in [2.45, 2.75) is 71.4 Å². The molecule has 1 amide bonds. The zero-order chi connectivity index (χ0) is 18.3. The molecule has 6 heteroatoms. The van der Waals surface area contributed by atoms with Crippen molar-refractivity contribution in [3.63, 3.8) is 0 Å². The van der Waals surface area contributed by atoms with E-state index >= 15 is 0 Å². The topological polar surface area (TPSA) is 55.2 Å². The normalized spacial score (nSPS) is 23.2. The first-order chi connectivity index (χ1) is 12.6. The van der Waals surface area contributed by atoms with Gasteiger partial charge in [0.1, 0.15) is 11.4 Å². The molecule has 4 rings (SSSR count). The van der Waals surface area contributed by atoms with Crippen molar-refractivity contribution in [1.29, 1.82) is 0 Å². The van der Waals surface area contributed by atoms with Crippen LogP contribution >= 0.6 is 11.3 Å². The average molecular weight is 374 g/mol. The van der Waals surface area contributed by atoms with Crippen LogP contribution in [0.1, 0.15) is 56.4 Å². The highest BCUT2D eigenvalue weighted by Gasteiger charge is 2.27. The van der Waals surface area contributed by atoms with Gasteiger partial charge in [0.2, 0.25) is 5.91 Å². The third-order valence-electron chi connectivity index (χ3n) is 6.01. The molecule has 0 unspecified atom stereocenters. The highest BCUT2D eigenvalue weighted by atomic mass is 32.1. The first kappa shape index (κ1) is 17.7. The number of aromatic nitrogens is 2. The molecule has 5 nitrogen and oxygen atoms in total. The standard InChI is InChI=1S/C20H27N3O2S/c1-3-14-6-4-5-9-23(14)17(24)11-22-12-21-19-18(20(22)25)15-8-7-13(2)10-16(15)26-19/h12-14H,3-11H2,1-2H3/t13-,14+/m1/s1. The van der Waals surface area contributed by atoms with Gasteiger partial charge in [-0.2, -0.15) is 0 Å². The number of piperidine rings is 1. The molecule has 0 radical (unpaired) electrons. The lowest BCUT2D eigenvalue weighted by Crippen LogP contribution is -2.45. The van der Waals surface area contributed by atoms with E-state index in [0.717, 1.165) is 55.3 Å². The molecule has 2 aromatic heterocycles. The number of carbonyl (C=O) groups excluding carboxylic acids is 1. The van der Waals surface area contributed by atoms with Crippen LogP contribution in [0.2, 0.25) is 0 Å². The number of nitrogens with zero attached hydrogens (tertiary/aromatic N) is 3. The molecular formula is C20H27N3O2S. The van der Waals surface area contributed by atoms with Crippen LogP contribution in [0.3, 0.4) is 0 Å². The van der Waals surface area contributed by atoms with Gasteiger partial charge in [0, 0.05) is 17.5 Å². The summed E-state index contributed by atoms with van der Waals surface area (Å²) in [6.07, 6.45) is 8.99. The Kier molecular flexibility index (Phi) is 4.86. The van der Waals surface area contributed by atoms with E-state index in [-0.39, 0.29) is 18.0 Å². The molecule has 2 atom stereocenters. The Labute approximate surface area is 158 Å². The van der Waals surface area contributed by atoms with Gasteiger partial charge in [0.15, 0.2) is 0 Å². The van der Waals surface area contributed by atoms with E-state index < -0.39 is 0 Å². The Bertz CT molecular complexity index is 885. The summed E-state index contributed by atoms with van der Waals surface area (Å²) in [5, 5.41) is 0.762. The van der Waals surface area contributed by atoms with Crippen LogP contribution in [0.25, 0.3) is 10.2 Å². The summed E-state index contributed by atoms with van der Waals surface area (Å²) < 4.78 is 1.52. The minimum absolute atomic E-state index is 0.0412. The van der Waals surface area contributed by atoms with E-state index in [1.807, 2.05) is 4.90 Å². The van der Waals surface area contributed by atoms with E-state index in [2.05, 4.69) is 18.8 Å². The first-order valence-electron chi connectivity index (χ1n) is 9.87. The maximum absolute atomic E-state index is 13.1. The van der Waals surface area contributed by atoms with Gasteiger partial charge >= 0.3 is 0 Å². The van der Waals surface area contributed by atoms with Crippen molar-refractivity contribution >= 4 is 27.5 Å². The number of fused-ring (bicyclic) bond motifs is 3. The van der Waals surface area contributed by atoms with E-state index in [4.69, 9.17) is 0 Å². The molecule has 1 aliphatic heterocycles. The van der Waals surface area contributed by atoms with Crippen LogP contribution < -0.4 is 5.56 Å². The first-order valence-corrected chi connectivity index (χ1v) is 10.7. The fourth-order valence-corrected chi connectivity index (χ4v) is 5.81. The minimum Gasteiger partial charge on any atom is -0.338 e. The summed E-state index contributed by atoms with van der Waals surface area (Å²) in [5.74, 6) is 0.724. The fourth-order valence-electron chi connectivity index (χ4n) is 4.47. The minimum atomic E-state index is -0.0412. The lowest BCUT2D eigenvalue weighted by atomic mass is 9.89. The molecule has 1 fully saturated rings. The lowest BCUT2D eigenvalue weighted by Gasteiger charge is -2.35. The van der Waals surface area contributed by atoms with E-state index in [1.54, 1.807) is 17.7 Å². The van der Waals surface area contributed by atoms with Gasteiger partial charge in [0.25, 0.3) is 5.56 Å². The second-order valence-electron chi connectivity index (χ2n) is 7.85. The number of aryl methyl sites for hydroxylation is 1. The van der Waals surface area contributed by atoms with Crippen LogP contribution in [0.5, 0.6) is 0 Å². The summed E-state index contributed by atoms with van der Waals surface area (Å²) in [6.45, 7) is 5.32. The number of likely N-dealkylation sites (tertiary alicyclic amines) is 1. The number of thiophene rings is 1. The highest BCUT2D eigenvalue weighted by Crippen LogP contribution is 2.35.